The summed E-state index contributed by atoms with van der Waals surface area (Å²) in [5, 5.41) is 14.9. The summed E-state index contributed by atoms with van der Waals surface area (Å²) in [5.41, 5.74) is 0.484. The molecule has 0 fully saturated rings. The largest absolute Gasteiger partial charge is 0.306 e. The zero-order valence-electron chi connectivity index (χ0n) is 5.26. The van der Waals surface area contributed by atoms with Crippen LogP contribution in [0.2, 0.25) is 0 Å². The third kappa shape index (κ3) is 6.64. The highest BCUT2D eigenvalue weighted by Crippen LogP contribution is 1.77. The molecule has 0 atom stereocenters. The molecule has 0 heterocycles. The van der Waals surface area contributed by atoms with Gasteiger partial charge in [-0.2, -0.15) is 5.26 Å². The molecule has 0 amide bonds. The summed E-state index contributed by atoms with van der Waals surface area (Å²) in [6.45, 7) is 1.68. The molecule has 2 nitrogen and oxygen atoms in total. The van der Waals surface area contributed by atoms with Crippen LogP contribution in [-0.2, 0) is 0 Å². The molecule has 0 aliphatic carbocycles. The van der Waals surface area contributed by atoms with Crippen LogP contribution in [0, 0.1) is 16.7 Å². The standard InChI is InChI=1S/C7H8N2/c1-7(9)5-3-2-4-6-8/h2-5,9H,1H3/b4-2+,5-3+,9-7?. The molecule has 0 aromatic carbocycles. The zero-order chi connectivity index (χ0) is 7.11. The minimum atomic E-state index is 0.484. The second kappa shape index (κ2) is 4.79. The molecule has 0 radical (unpaired) electrons. The van der Waals surface area contributed by atoms with Crippen molar-refractivity contribution < 1.29 is 0 Å². The van der Waals surface area contributed by atoms with Gasteiger partial charge in [-0.25, -0.2) is 0 Å². The van der Waals surface area contributed by atoms with Gasteiger partial charge in [0.05, 0.1) is 6.07 Å². The van der Waals surface area contributed by atoms with Gasteiger partial charge in [0, 0.05) is 11.8 Å². The van der Waals surface area contributed by atoms with Crippen LogP contribution in [0.4, 0.5) is 0 Å². The number of rotatable bonds is 2. The van der Waals surface area contributed by atoms with Crippen LogP contribution < -0.4 is 0 Å². The third-order valence-electron chi connectivity index (χ3n) is 0.628. The number of nitrogens with zero attached hydrogens (tertiary/aromatic N) is 1. The topological polar surface area (TPSA) is 47.6 Å². The Hall–Kier alpha value is -1.36. The van der Waals surface area contributed by atoms with Crippen LogP contribution in [0.3, 0.4) is 0 Å². The van der Waals surface area contributed by atoms with Gasteiger partial charge in [0.1, 0.15) is 0 Å². The van der Waals surface area contributed by atoms with E-state index in [1.54, 1.807) is 25.2 Å². The number of nitriles is 1. The van der Waals surface area contributed by atoms with Gasteiger partial charge in [-0.3, -0.25) is 0 Å². The third-order valence-corrected chi connectivity index (χ3v) is 0.628. The zero-order valence-corrected chi connectivity index (χ0v) is 5.26. The molecule has 0 saturated heterocycles. The van der Waals surface area contributed by atoms with E-state index in [9.17, 15) is 0 Å². The highest BCUT2D eigenvalue weighted by molar-refractivity contribution is 5.90. The first-order valence-corrected chi connectivity index (χ1v) is 2.55. The number of allylic oxidation sites excluding steroid dienone is 4. The smallest absolute Gasteiger partial charge is 0.0912 e. The van der Waals surface area contributed by atoms with Crippen LogP contribution in [0.5, 0.6) is 0 Å². The summed E-state index contributed by atoms with van der Waals surface area (Å²) in [6, 6.07) is 1.84. The fraction of sp³-hybridized carbons (Fsp3) is 0.143. The van der Waals surface area contributed by atoms with Crippen molar-refractivity contribution in [2.75, 3.05) is 0 Å². The van der Waals surface area contributed by atoms with Crippen LogP contribution in [0.1, 0.15) is 6.92 Å². The monoisotopic (exact) mass is 120 g/mol. The van der Waals surface area contributed by atoms with Gasteiger partial charge in [-0.05, 0) is 13.0 Å². The highest BCUT2D eigenvalue weighted by atomic mass is 14.4. The van der Waals surface area contributed by atoms with E-state index >= 15 is 0 Å². The first kappa shape index (κ1) is 7.64. The van der Waals surface area contributed by atoms with Gasteiger partial charge in [-0.1, -0.05) is 12.2 Å². The van der Waals surface area contributed by atoms with Crippen molar-refractivity contribution >= 4 is 5.71 Å². The molecule has 0 bridgehead atoms. The van der Waals surface area contributed by atoms with Gasteiger partial charge in [0.2, 0.25) is 0 Å². The van der Waals surface area contributed by atoms with Gasteiger partial charge >= 0.3 is 0 Å². The van der Waals surface area contributed by atoms with E-state index in [0.717, 1.165) is 0 Å². The molecule has 0 aromatic heterocycles. The minimum absolute atomic E-state index is 0.484. The molecule has 9 heavy (non-hydrogen) atoms. The average Bonchev–Trinajstić information content (AvgIpc) is 1.80. The summed E-state index contributed by atoms with van der Waals surface area (Å²) in [7, 11) is 0. The van der Waals surface area contributed by atoms with Gasteiger partial charge in [0.25, 0.3) is 0 Å². The Morgan fingerprint density at radius 1 is 1.56 bits per heavy atom. The molecule has 0 aliphatic rings. The fourth-order valence-electron chi connectivity index (χ4n) is 0.298. The lowest BCUT2D eigenvalue weighted by Gasteiger charge is -1.75. The van der Waals surface area contributed by atoms with E-state index in [2.05, 4.69) is 0 Å². The summed E-state index contributed by atoms with van der Waals surface area (Å²) in [5.74, 6) is 0. The van der Waals surface area contributed by atoms with E-state index in [1.807, 2.05) is 6.07 Å². The maximum atomic E-state index is 8.01. The van der Waals surface area contributed by atoms with Crippen LogP contribution >= 0.6 is 0 Å². The Labute approximate surface area is 54.6 Å². The Morgan fingerprint density at radius 2 is 2.22 bits per heavy atom. The van der Waals surface area contributed by atoms with E-state index in [4.69, 9.17) is 10.7 Å². The quantitative estimate of drug-likeness (QED) is 0.336. The van der Waals surface area contributed by atoms with Crippen LogP contribution in [0.15, 0.2) is 24.3 Å². The molecule has 1 N–H and O–H groups in total. The van der Waals surface area contributed by atoms with Crippen LogP contribution in [-0.4, -0.2) is 5.71 Å². The highest BCUT2D eigenvalue weighted by Gasteiger charge is 1.70. The molecule has 0 aliphatic heterocycles. The van der Waals surface area contributed by atoms with Crippen molar-refractivity contribution in [3.63, 3.8) is 0 Å². The Kier molecular flexibility index (Phi) is 4.07. The molecule has 0 unspecified atom stereocenters. The SMILES string of the molecule is CC(=N)/C=C/C=C/C#N. The molecule has 0 saturated carbocycles. The summed E-state index contributed by atoms with van der Waals surface area (Å²) in [4.78, 5) is 0. The van der Waals surface area contributed by atoms with Crippen molar-refractivity contribution in [1.82, 2.24) is 0 Å². The Bertz CT molecular complexity index is 182. The van der Waals surface area contributed by atoms with E-state index < -0.39 is 0 Å². The molecular weight excluding hydrogens is 112 g/mol. The van der Waals surface area contributed by atoms with E-state index in [-0.39, 0.29) is 0 Å². The molecule has 2 heteroatoms. The summed E-state index contributed by atoms with van der Waals surface area (Å²) >= 11 is 0. The first-order chi connectivity index (χ1) is 4.27. The predicted octanol–water partition coefficient (Wildman–Crippen LogP) is 1.66. The van der Waals surface area contributed by atoms with Gasteiger partial charge < -0.3 is 5.41 Å². The maximum absolute atomic E-state index is 8.01. The number of hydrogen-bond donors (Lipinski definition) is 1. The lowest BCUT2D eigenvalue weighted by molar-refractivity contribution is 1.50. The second-order valence-corrected chi connectivity index (χ2v) is 1.53. The van der Waals surface area contributed by atoms with Crippen molar-refractivity contribution in [2.24, 2.45) is 0 Å². The first-order valence-electron chi connectivity index (χ1n) is 2.55. The average molecular weight is 120 g/mol. The lowest BCUT2D eigenvalue weighted by Crippen LogP contribution is -1.75. The Morgan fingerprint density at radius 3 is 2.67 bits per heavy atom. The number of nitrogens with one attached hydrogen (secondary N) is 1. The molecular formula is C7H8N2. The minimum Gasteiger partial charge on any atom is -0.306 e. The lowest BCUT2D eigenvalue weighted by atomic mass is 10.3. The van der Waals surface area contributed by atoms with Crippen LogP contribution in [0.25, 0.3) is 0 Å². The maximum Gasteiger partial charge on any atom is 0.0912 e. The van der Waals surface area contributed by atoms with Crippen molar-refractivity contribution in [3.05, 3.63) is 24.3 Å². The van der Waals surface area contributed by atoms with Crippen molar-refractivity contribution in [2.45, 2.75) is 6.92 Å². The fourth-order valence-corrected chi connectivity index (χ4v) is 0.298. The summed E-state index contributed by atoms with van der Waals surface area (Å²) < 4.78 is 0. The number of hydrogen-bond acceptors (Lipinski definition) is 2. The van der Waals surface area contributed by atoms with Crippen molar-refractivity contribution in [3.8, 4) is 6.07 Å². The molecule has 0 aromatic rings. The molecule has 0 spiro atoms. The Balaban J connectivity index is 3.63. The van der Waals surface area contributed by atoms with E-state index in [1.165, 1.54) is 6.08 Å². The second-order valence-electron chi connectivity index (χ2n) is 1.53. The predicted molar refractivity (Wildman–Crippen MR) is 37.3 cm³/mol. The molecule has 46 valence electrons. The van der Waals surface area contributed by atoms with E-state index in [0.29, 0.717) is 5.71 Å². The van der Waals surface area contributed by atoms with Gasteiger partial charge in [0.15, 0.2) is 0 Å². The van der Waals surface area contributed by atoms with Gasteiger partial charge in [-0.15, -0.1) is 0 Å². The normalized spacial score (nSPS) is 10.2. The van der Waals surface area contributed by atoms with Crippen molar-refractivity contribution in [1.29, 1.82) is 10.7 Å². The molecule has 0 rings (SSSR count). The summed E-state index contributed by atoms with van der Waals surface area (Å²) in [6.07, 6.45) is 6.23.